The fourth-order valence-corrected chi connectivity index (χ4v) is 6.63. The van der Waals surface area contributed by atoms with E-state index in [-0.39, 0.29) is 5.41 Å². The van der Waals surface area contributed by atoms with Crippen molar-refractivity contribution >= 4 is 0 Å². The first-order valence-corrected chi connectivity index (χ1v) is 15.4. The lowest BCUT2D eigenvalue weighted by atomic mass is 9.82. The molecule has 0 radical (unpaired) electrons. The number of benzene rings is 6. The largest absolute Gasteiger partial charge is 0.208 e. The van der Waals surface area contributed by atoms with Gasteiger partial charge in [-0.1, -0.05) is 153 Å². The molecule has 0 fully saturated rings. The summed E-state index contributed by atoms with van der Waals surface area (Å²) in [5.74, 6) is 1.96. The zero-order valence-electron chi connectivity index (χ0n) is 25.3. The molecule has 0 unspecified atom stereocenters. The van der Waals surface area contributed by atoms with Gasteiger partial charge in [0.1, 0.15) is 0 Å². The van der Waals surface area contributed by atoms with E-state index < -0.39 is 0 Å². The minimum Gasteiger partial charge on any atom is -0.208 e. The van der Waals surface area contributed by atoms with Crippen molar-refractivity contribution in [1.29, 1.82) is 0 Å². The van der Waals surface area contributed by atoms with Crippen molar-refractivity contribution in [2.24, 2.45) is 0 Å². The van der Waals surface area contributed by atoms with Gasteiger partial charge in [0.2, 0.25) is 0 Å². The van der Waals surface area contributed by atoms with Crippen LogP contribution in [0.25, 0.3) is 67.5 Å². The highest BCUT2D eigenvalue weighted by molar-refractivity contribution is 5.88. The van der Waals surface area contributed by atoms with Gasteiger partial charge in [-0.3, -0.25) is 0 Å². The van der Waals surface area contributed by atoms with E-state index in [0.717, 1.165) is 38.9 Å². The van der Waals surface area contributed by atoms with Crippen molar-refractivity contribution in [2.45, 2.75) is 19.3 Å². The molecular formula is C42H31N3. The summed E-state index contributed by atoms with van der Waals surface area (Å²) in [5, 5.41) is 0. The van der Waals surface area contributed by atoms with E-state index in [1.165, 1.54) is 22.3 Å². The molecule has 0 amide bonds. The molecule has 0 saturated heterocycles. The van der Waals surface area contributed by atoms with Crippen molar-refractivity contribution < 1.29 is 0 Å². The summed E-state index contributed by atoms with van der Waals surface area (Å²) in [4.78, 5) is 15.2. The number of hydrogen-bond acceptors (Lipinski definition) is 3. The van der Waals surface area contributed by atoms with Gasteiger partial charge in [0.15, 0.2) is 17.5 Å². The molecule has 0 atom stereocenters. The van der Waals surface area contributed by atoms with Crippen LogP contribution in [0.2, 0.25) is 0 Å². The van der Waals surface area contributed by atoms with Gasteiger partial charge in [-0.05, 0) is 56.6 Å². The zero-order chi connectivity index (χ0) is 30.4. The van der Waals surface area contributed by atoms with Crippen LogP contribution in [0.15, 0.2) is 152 Å². The average Bonchev–Trinajstić information content (AvgIpc) is 3.34. The molecule has 3 heteroatoms. The van der Waals surface area contributed by atoms with Gasteiger partial charge in [-0.2, -0.15) is 0 Å². The Bertz CT molecular complexity index is 2180. The highest BCUT2D eigenvalue weighted by Gasteiger charge is 2.35. The highest BCUT2D eigenvalue weighted by atomic mass is 15.0. The first-order chi connectivity index (χ1) is 22.1. The minimum atomic E-state index is -0.0358. The summed E-state index contributed by atoms with van der Waals surface area (Å²) in [6.45, 7) is 4.63. The van der Waals surface area contributed by atoms with Crippen LogP contribution < -0.4 is 0 Å². The van der Waals surface area contributed by atoms with Gasteiger partial charge < -0.3 is 0 Å². The van der Waals surface area contributed by atoms with Crippen LogP contribution in [0.1, 0.15) is 25.0 Å². The Kier molecular flexibility index (Phi) is 6.46. The van der Waals surface area contributed by atoms with Crippen molar-refractivity contribution in [2.75, 3.05) is 0 Å². The van der Waals surface area contributed by atoms with Crippen molar-refractivity contribution in [3.05, 3.63) is 163 Å². The van der Waals surface area contributed by atoms with Gasteiger partial charge in [0, 0.05) is 22.1 Å². The van der Waals surface area contributed by atoms with Gasteiger partial charge in [0.05, 0.1) is 0 Å². The van der Waals surface area contributed by atoms with E-state index in [9.17, 15) is 0 Å². The Balaban J connectivity index is 1.29. The Labute approximate surface area is 264 Å². The molecule has 1 aliphatic rings. The molecule has 1 aliphatic carbocycles. The smallest absolute Gasteiger partial charge is 0.164 e. The highest BCUT2D eigenvalue weighted by Crippen LogP contribution is 2.49. The van der Waals surface area contributed by atoms with E-state index >= 15 is 0 Å². The van der Waals surface area contributed by atoms with Crippen molar-refractivity contribution in [1.82, 2.24) is 15.0 Å². The van der Waals surface area contributed by atoms with E-state index in [1.54, 1.807) is 0 Å². The molecule has 0 spiro atoms. The number of fused-ring (bicyclic) bond motifs is 3. The quantitative estimate of drug-likeness (QED) is 0.204. The Morgan fingerprint density at radius 2 is 0.867 bits per heavy atom. The number of nitrogens with zero attached hydrogens (tertiary/aromatic N) is 3. The third kappa shape index (κ3) is 4.74. The van der Waals surface area contributed by atoms with Gasteiger partial charge in [0.25, 0.3) is 0 Å². The lowest BCUT2D eigenvalue weighted by Gasteiger charge is -2.21. The maximum Gasteiger partial charge on any atom is 0.164 e. The summed E-state index contributed by atoms with van der Waals surface area (Å²) in [6, 6.07) is 53.1. The van der Waals surface area contributed by atoms with Gasteiger partial charge in [-0.25, -0.2) is 15.0 Å². The van der Waals surface area contributed by atoms with E-state index in [0.29, 0.717) is 17.5 Å². The molecule has 6 aromatic carbocycles. The second kappa shape index (κ2) is 10.8. The monoisotopic (exact) mass is 577 g/mol. The van der Waals surface area contributed by atoms with E-state index in [2.05, 4.69) is 141 Å². The number of aromatic nitrogens is 3. The molecular weight excluding hydrogens is 546 g/mol. The molecule has 0 aliphatic heterocycles. The second-order valence-electron chi connectivity index (χ2n) is 12.1. The maximum atomic E-state index is 5.13. The SMILES string of the molecule is CC1(C)c2ccccc2-c2cc(-c3ccccc3-c3nc(-c4ccccc4)nc(-c4cccc(-c5ccccc5)c4)n3)ccc21. The third-order valence-electron chi connectivity index (χ3n) is 8.96. The topological polar surface area (TPSA) is 38.7 Å². The third-order valence-corrected chi connectivity index (χ3v) is 8.96. The molecule has 1 aromatic heterocycles. The van der Waals surface area contributed by atoms with Crippen LogP contribution in [-0.2, 0) is 5.41 Å². The lowest BCUT2D eigenvalue weighted by molar-refractivity contribution is 0.660. The molecule has 1 heterocycles. The van der Waals surface area contributed by atoms with Crippen molar-refractivity contribution in [3.8, 4) is 67.5 Å². The molecule has 8 rings (SSSR count). The summed E-state index contributed by atoms with van der Waals surface area (Å²) < 4.78 is 0. The van der Waals surface area contributed by atoms with Gasteiger partial charge in [-0.15, -0.1) is 0 Å². The Morgan fingerprint density at radius 1 is 0.333 bits per heavy atom. The average molecular weight is 578 g/mol. The molecule has 0 N–H and O–H groups in total. The minimum absolute atomic E-state index is 0.0358. The fraction of sp³-hybridized carbons (Fsp3) is 0.0714. The maximum absolute atomic E-state index is 5.13. The molecule has 45 heavy (non-hydrogen) atoms. The predicted molar refractivity (Wildman–Crippen MR) is 185 cm³/mol. The van der Waals surface area contributed by atoms with Gasteiger partial charge >= 0.3 is 0 Å². The predicted octanol–water partition coefficient (Wildman–Crippen LogP) is 10.5. The fourth-order valence-electron chi connectivity index (χ4n) is 6.63. The van der Waals surface area contributed by atoms with Crippen LogP contribution >= 0.6 is 0 Å². The van der Waals surface area contributed by atoms with Crippen molar-refractivity contribution in [3.63, 3.8) is 0 Å². The normalized spacial score (nSPS) is 12.8. The Morgan fingerprint density at radius 3 is 1.62 bits per heavy atom. The standard InChI is InChI=1S/C42H31N3/c1-42(2)37-23-12-11-21-34(37)36-27-31(24-25-38(36)42)33-20-9-10-22-35(33)41-44-39(29-16-7-4-8-17-29)43-40(45-41)32-19-13-18-30(26-32)28-14-5-3-6-15-28/h3-27H,1-2H3. The summed E-state index contributed by atoms with van der Waals surface area (Å²) in [7, 11) is 0. The molecule has 0 bridgehead atoms. The molecule has 3 nitrogen and oxygen atoms in total. The molecule has 0 saturated carbocycles. The molecule has 7 aromatic rings. The van der Waals surface area contributed by atoms with Crippen LogP contribution in [0, 0.1) is 0 Å². The lowest BCUT2D eigenvalue weighted by Crippen LogP contribution is -2.14. The first-order valence-electron chi connectivity index (χ1n) is 15.4. The first kappa shape index (κ1) is 26.9. The van der Waals surface area contributed by atoms with Crippen LogP contribution in [-0.4, -0.2) is 15.0 Å². The summed E-state index contributed by atoms with van der Waals surface area (Å²) in [6.07, 6.45) is 0. The number of rotatable bonds is 5. The summed E-state index contributed by atoms with van der Waals surface area (Å²) >= 11 is 0. The zero-order valence-corrected chi connectivity index (χ0v) is 25.3. The van der Waals surface area contributed by atoms with Crippen LogP contribution in [0.3, 0.4) is 0 Å². The number of hydrogen-bond donors (Lipinski definition) is 0. The van der Waals surface area contributed by atoms with E-state index in [4.69, 9.17) is 15.0 Å². The van der Waals surface area contributed by atoms with Crippen LogP contribution in [0.4, 0.5) is 0 Å². The molecule has 214 valence electrons. The second-order valence-corrected chi connectivity index (χ2v) is 12.1. The Hall–Kier alpha value is -5.67. The van der Waals surface area contributed by atoms with E-state index in [1.807, 2.05) is 24.3 Å². The van der Waals surface area contributed by atoms with Crippen LogP contribution in [0.5, 0.6) is 0 Å². The summed E-state index contributed by atoms with van der Waals surface area (Å²) in [5.41, 5.74) is 12.7.